The standard InChI is InChI=1S/C22H22FN5O3S/c1-14-5-6-18(20(7-14)31-3)21-19(23)11-25-22(28-21)27-16-8-15(9-17(10-16)30-2)12-32(4,29)26-13-24/h5-12H,1-4H3,(H,26,29)(H,25,27,28). The Morgan fingerprint density at radius 2 is 1.97 bits per heavy atom. The highest BCUT2D eigenvalue weighted by Gasteiger charge is 2.15. The molecule has 1 heterocycles. The van der Waals surface area contributed by atoms with Crippen LogP contribution in [0, 0.1) is 24.2 Å². The Bertz CT molecular complexity index is 1310. The maximum Gasteiger partial charge on any atom is 0.227 e. The largest absolute Gasteiger partial charge is 0.497 e. The maximum atomic E-state index is 14.6. The van der Waals surface area contributed by atoms with Crippen LogP contribution in [0.1, 0.15) is 11.1 Å². The van der Waals surface area contributed by atoms with Crippen molar-refractivity contribution in [1.29, 1.82) is 5.26 Å². The zero-order valence-corrected chi connectivity index (χ0v) is 18.8. The number of nitriles is 1. The molecule has 0 radical (unpaired) electrons. The molecule has 10 heteroatoms. The molecule has 0 aliphatic heterocycles. The number of ether oxygens (including phenoxy) is 2. The van der Waals surface area contributed by atoms with E-state index in [1.54, 1.807) is 36.5 Å². The Morgan fingerprint density at radius 3 is 2.66 bits per heavy atom. The molecule has 0 aliphatic rings. The van der Waals surface area contributed by atoms with Crippen LogP contribution < -0.4 is 19.5 Å². The van der Waals surface area contributed by atoms with E-state index in [0.717, 1.165) is 11.8 Å². The maximum absolute atomic E-state index is 14.6. The van der Waals surface area contributed by atoms with Gasteiger partial charge in [0.25, 0.3) is 0 Å². The summed E-state index contributed by atoms with van der Waals surface area (Å²) in [5.41, 5.74) is 2.62. The van der Waals surface area contributed by atoms with E-state index >= 15 is 0 Å². The number of rotatable bonds is 7. The van der Waals surface area contributed by atoms with Crippen molar-refractivity contribution in [1.82, 2.24) is 14.7 Å². The molecule has 0 spiro atoms. The normalized spacial score (nSPS) is 12.2. The van der Waals surface area contributed by atoms with Gasteiger partial charge in [-0.3, -0.25) is 0 Å². The van der Waals surface area contributed by atoms with Crippen molar-refractivity contribution in [3.05, 3.63) is 59.5 Å². The average molecular weight is 456 g/mol. The minimum absolute atomic E-state index is 0.0869. The second kappa shape index (κ2) is 9.53. The van der Waals surface area contributed by atoms with E-state index in [9.17, 15) is 8.60 Å². The zero-order valence-electron chi connectivity index (χ0n) is 18.0. The number of methoxy groups -OCH3 is 2. The number of nitrogens with zero attached hydrogens (tertiary/aromatic N) is 3. The fourth-order valence-corrected chi connectivity index (χ4v) is 3.89. The quantitative estimate of drug-likeness (QED) is 0.319. The lowest BCUT2D eigenvalue weighted by Gasteiger charge is -2.12. The van der Waals surface area contributed by atoms with E-state index in [1.165, 1.54) is 25.8 Å². The van der Waals surface area contributed by atoms with Crippen molar-refractivity contribution in [2.75, 3.05) is 25.8 Å². The van der Waals surface area contributed by atoms with Gasteiger partial charge in [-0.2, -0.15) is 5.26 Å². The minimum Gasteiger partial charge on any atom is -0.497 e. The molecule has 8 nitrogen and oxygen atoms in total. The number of aryl methyl sites for hydroxylation is 1. The zero-order chi connectivity index (χ0) is 23.3. The SMILES string of the molecule is COc1cc(C=S(C)(=O)NC#N)cc(Nc2ncc(F)c(-c3ccc(C)cc3OC)n2)c1. The lowest BCUT2D eigenvalue weighted by molar-refractivity contribution is 0.415. The molecule has 2 N–H and O–H groups in total. The highest BCUT2D eigenvalue weighted by molar-refractivity contribution is 7.99. The molecule has 1 unspecified atom stereocenters. The predicted octanol–water partition coefficient (Wildman–Crippen LogP) is 3.40. The van der Waals surface area contributed by atoms with Gasteiger partial charge in [0.05, 0.1) is 30.1 Å². The van der Waals surface area contributed by atoms with Crippen LogP contribution in [0.5, 0.6) is 11.5 Å². The second-order valence-corrected chi connectivity index (χ2v) is 9.20. The van der Waals surface area contributed by atoms with Gasteiger partial charge in [-0.05, 0) is 42.3 Å². The Labute approximate surface area is 186 Å². The number of hydrogen-bond donors (Lipinski definition) is 2. The van der Waals surface area contributed by atoms with E-state index in [4.69, 9.17) is 14.7 Å². The summed E-state index contributed by atoms with van der Waals surface area (Å²) >= 11 is 0. The number of nitrogens with one attached hydrogen (secondary N) is 2. The summed E-state index contributed by atoms with van der Waals surface area (Å²) in [5, 5.41) is 13.2. The van der Waals surface area contributed by atoms with Crippen LogP contribution in [-0.2, 0) is 9.71 Å². The van der Waals surface area contributed by atoms with Gasteiger partial charge in [-0.15, -0.1) is 0 Å². The monoisotopic (exact) mass is 455 g/mol. The van der Waals surface area contributed by atoms with Crippen LogP contribution in [-0.4, -0.2) is 40.0 Å². The van der Waals surface area contributed by atoms with Crippen molar-refractivity contribution >= 4 is 26.7 Å². The summed E-state index contributed by atoms with van der Waals surface area (Å²) in [4.78, 5) is 8.35. The van der Waals surface area contributed by atoms with Gasteiger partial charge in [-0.25, -0.2) is 23.3 Å². The fourth-order valence-electron chi connectivity index (χ4n) is 3.00. The summed E-state index contributed by atoms with van der Waals surface area (Å²) in [7, 11) is 0.284. The Hall–Kier alpha value is -3.84. The van der Waals surface area contributed by atoms with Gasteiger partial charge < -0.3 is 14.8 Å². The summed E-state index contributed by atoms with van der Waals surface area (Å²) < 4.78 is 39.9. The second-order valence-electron chi connectivity index (χ2n) is 6.95. The molecule has 3 aromatic rings. The molecule has 3 rings (SSSR count). The number of aromatic nitrogens is 2. The third-order valence-corrected chi connectivity index (χ3v) is 5.60. The molecule has 0 saturated carbocycles. The summed E-state index contributed by atoms with van der Waals surface area (Å²) in [6.07, 6.45) is 4.17. The first-order chi connectivity index (χ1) is 15.2. The molecule has 1 atom stereocenters. The molecular weight excluding hydrogens is 433 g/mol. The number of halogens is 1. The van der Waals surface area contributed by atoms with Gasteiger partial charge in [0.15, 0.2) is 12.0 Å². The summed E-state index contributed by atoms with van der Waals surface area (Å²) in [6, 6.07) is 10.4. The van der Waals surface area contributed by atoms with Crippen LogP contribution in [0.15, 0.2) is 42.6 Å². The lowest BCUT2D eigenvalue weighted by Crippen LogP contribution is -2.18. The first kappa shape index (κ1) is 22.8. The first-order valence-corrected chi connectivity index (χ1v) is 11.4. The van der Waals surface area contributed by atoms with Crippen molar-refractivity contribution in [2.24, 2.45) is 0 Å². The third kappa shape index (κ3) is 5.44. The fraction of sp³-hybridized carbons (Fsp3) is 0.182. The molecule has 0 aliphatic carbocycles. The molecule has 166 valence electrons. The van der Waals surface area contributed by atoms with Gasteiger partial charge in [-0.1, -0.05) is 6.07 Å². The van der Waals surface area contributed by atoms with Crippen molar-refractivity contribution in [3.8, 4) is 28.9 Å². The van der Waals surface area contributed by atoms with Crippen LogP contribution >= 0.6 is 0 Å². The molecular formula is C22H22FN5O3S. The van der Waals surface area contributed by atoms with E-state index < -0.39 is 15.5 Å². The van der Waals surface area contributed by atoms with Crippen molar-refractivity contribution < 1.29 is 18.1 Å². The van der Waals surface area contributed by atoms with Crippen LogP contribution in [0.25, 0.3) is 11.3 Å². The smallest absolute Gasteiger partial charge is 0.227 e. The van der Waals surface area contributed by atoms with E-state index in [1.807, 2.05) is 13.0 Å². The Morgan fingerprint density at radius 1 is 1.19 bits per heavy atom. The highest BCUT2D eigenvalue weighted by atomic mass is 32.2. The van der Waals surface area contributed by atoms with Crippen molar-refractivity contribution in [2.45, 2.75) is 6.92 Å². The van der Waals surface area contributed by atoms with Gasteiger partial charge in [0.2, 0.25) is 5.95 Å². The molecule has 0 saturated heterocycles. The van der Waals surface area contributed by atoms with Crippen molar-refractivity contribution in [3.63, 3.8) is 0 Å². The van der Waals surface area contributed by atoms with E-state index in [2.05, 4.69) is 20.0 Å². The highest BCUT2D eigenvalue weighted by Crippen LogP contribution is 2.32. The molecule has 1 aromatic heterocycles. The minimum atomic E-state index is -2.72. The van der Waals surface area contributed by atoms with Crippen LogP contribution in [0.3, 0.4) is 0 Å². The molecule has 0 amide bonds. The predicted molar refractivity (Wildman–Crippen MR) is 123 cm³/mol. The molecule has 0 bridgehead atoms. The molecule has 32 heavy (non-hydrogen) atoms. The molecule has 2 aromatic carbocycles. The summed E-state index contributed by atoms with van der Waals surface area (Å²) in [6.45, 7) is 1.91. The van der Waals surface area contributed by atoms with Gasteiger partial charge in [0, 0.05) is 28.9 Å². The van der Waals surface area contributed by atoms with E-state index in [-0.39, 0.29) is 11.6 Å². The van der Waals surface area contributed by atoms with Gasteiger partial charge >= 0.3 is 0 Å². The topological polar surface area (TPSA) is 109 Å². The first-order valence-electron chi connectivity index (χ1n) is 9.38. The third-order valence-electron chi connectivity index (χ3n) is 4.39. The molecule has 0 fully saturated rings. The number of hydrogen-bond acceptors (Lipinski definition) is 7. The summed E-state index contributed by atoms with van der Waals surface area (Å²) in [5.74, 6) is 0.534. The van der Waals surface area contributed by atoms with Gasteiger partial charge in [0.1, 0.15) is 17.2 Å². The Balaban J connectivity index is 2.02. The Kier molecular flexibility index (Phi) is 6.80. The number of anilines is 2. The van der Waals surface area contributed by atoms with Crippen LogP contribution in [0.2, 0.25) is 0 Å². The van der Waals surface area contributed by atoms with Crippen LogP contribution in [0.4, 0.5) is 16.0 Å². The number of benzene rings is 2. The lowest BCUT2D eigenvalue weighted by atomic mass is 10.1. The average Bonchev–Trinajstić information content (AvgIpc) is 2.74. The van der Waals surface area contributed by atoms with E-state index in [0.29, 0.717) is 28.3 Å².